The van der Waals surface area contributed by atoms with Crippen LogP contribution in [0.15, 0.2) is 54.9 Å². The number of nitrogens with one attached hydrogen (secondary N) is 2. The number of hydrogen-bond acceptors (Lipinski definition) is 8. The number of sulfonamides is 1. The van der Waals surface area contributed by atoms with Gasteiger partial charge in [-0.15, -0.1) is 0 Å². The van der Waals surface area contributed by atoms with Crippen LogP contribution in [-0.4, -0.2) is 58.6 Å². The van der Waals surface area contributed by atoms with Gasteiger partial charge < -0.3 is 15.0 Å². The molecule has 1 spiro atoms. The molecule has 0 radical (unpaired) electrons. The normalized spacial score (nSPS) is 17.1. The first kappa shape index (κ1) is 29.7. The van der Waals surface area contributed by atoms with Crippen LogP contribution < -0.4 is 10.0 Å². The Morgan fingerprint density at radius 3 is 2.43 bits per heavy atom. The van der Waals surface area contributed by atoms with Crippen LogP contribution in [0.5, 0.6) is 0 Å². The van der Waals surface area contributed by atoms with E-state index < -0.39 is 32.9 Å². The minimum atomic E-state index is -3.84. The third-order valence-electron chi connectivity index (χ3n) is 8.45. The third kappa shape index (κ3) is 5.09. The predicted molar refractivity (Wildman–Crippen MR) is 162 cm³/mol. The fourth-order valence-corrected chi connectivity index (χ4v) is 6.68. The molecular formula is C31H33FN6O5S. The molecule has 1 saturated heterocycles. The summed E-state index contributed by atoms with van der Waals surface area (Å²) in [6.45, 7) is 8.11. The molecule has 1 fully saturated rings. The number of hydrogen-bond donors (Lipinski definition) is 2. The average molecular weight is 621 g/mol. The van der Waals surface area contributed by atoms with E-state index >= 15 is 0 Å². The number of nitrogens with zero attached hydrogens (tertiary/aromatic N) is 4. The molecule has 0 bridgehead atoms. The second kappa shape index (κ2) is 10.7. The number of amides is 2. The van der Waals surface area contributed by atoms with Gasteiger partial charge in [0.25, 0.3) is 11.8 Å². The summed E-state index contributed by atoms with van der Waals surface area (Å²) in [6.07, 6.45) is 3.75. The molecule has 2 amide bonds. The van der Waals surface area contributed by atoms with Crippen LogP contribution in [-0.2, 0) is 26.0 Å². The second-order valence-electron chi connectivity index (χ2n) is 11.7. The van der Waals surface area contributed by atoms with E-state index in [1.54, 1.807) is 11.8 Å². The number of carbonyl (C=O) groups excluding carboxylic acids is 2. The monoisotopic (exact) mass is 620 g/mol. The number of fused-ring (bicyclic) bond motifs is 3. The van der Waals surface area contributed by atoms with Gasteiger partial charge in [-0.05, 0) is 75.4 Å². The van der Waals surface area contributed by atoms with E-state index in [9.17, 15) is 22.4 Å². The van der Waals surface area contributed by atoms with Gasteiger partial charge >= 0.3 is 0 Å². The Hall–Kier alpha value is -4.36. The minimum Gasteiger partial charge on any atom is -0.360 e. The van der Waals surface area contributed by atoms with Crippen molar-refractivity contribution >= 4 is 39.0 Å². The van der Waals surface area contributed by atoms with Gasteiger partial charge in [-0.1, -0.05) is 24.3 Å². The van der Waals surface area contributed by atoms with Crippen molar-refractivity contribution in [3.8, 4) is 0 Å². The zero-order valence-electron chi connectivity index (χ0n) is 24.8. The first-order chi connectivity index (χ1) is 20.8. The van der Waals surface area contributed by atoms with E-state index in [0.29, 0.717) is 37.2 Å². The largest absolute Gasteiger partial charge is 0.360 e. The number of ether oxygens (including phenoxy) is 1. The standard InChI is InChI=1S/C31H33FN6O5S/c1-5-44(41,42)36-28(39)21-18-34-38-26(21)33-17-22(27(38)35-25-11-10-20(32)16-19(25)2)29(40)37-14-12-31(13-15-37)24-9-7-6-8-23(24)30(3,4)43-31/h6-11,16-18,35H,5,12-15H2,1-4H3,(H,36,39). The van der Waals surface area contributed by atoms with Crippen molar-refractivity contribution in [2.75, 3.05) is 24.2 Å². The molecule has 4 aromatic rings. The van der Waals surface area contributed by atoms with Crippen LogP contribution in [0.4, 0.5) is 15.9 Å². The Morgan fingerprint density at radius 2 is 1.75 bits per heavy atom. The molecule has 0 saturated carbocycles. The molecule has 6 rings (SSSR count). The quantitative estimate of drug-likeness (QED) is 0.324. The molecule has 0 aliphatic carbocycles. The van der Waals surface area contributed by atoms with Crippen LogP contribution in [0.3, 0.4) is 0 Å². The molecule has 44 heavy (non-hydrogen) atoms. The van der Waals surface area contributed by atoms with E-state index in [1.807, 2.05) is 16.9 Å². The molecule has 13 heteroatoms. The maximum Gasteiger partial charge on any atom is 0.270 e. The summed E-state index contributed by atoms with van der Waals surface area (Å²) in [6, 6.07) is 12.4. The van der Waals surface area contributed by atoms with Gasteiger partial charge in [0.2, 0.25) is 10.0 Å². The Kier molecular flexibility index (Phi) is 7.20. The third-order valence-corrected chi connectivity index (χ3v) is 9.70. The molecule has 4 heterocycles. The molecule has 0 unspecified atom stereocenters. The topological polar surface area (TPSA) is 135 Å². The Balaban J connectivity index is 1.35. The maximum atomic E-state index is 14.1. The number of piperidine rings is 1. The number of likely N-dealkylation sites (tertiary alicyclic amines) is 1. The molecule has 2 aliphatic rings. The maximum absolute atomic E-state index is 14.1. The lowest BCUT2D eigenvalue weighted by Crippen LogP contribution is -2.46. The van der Waals surface area contributed by atoms with Gasteiger partial charge in [0.15, 0.2) is 5.65 Å². The number of carbonyl (C=O) groups is 2. The highest BCUT2D eigenvalue weighted by Crippen LogP contribution is 2.51. The highest BCUT2D eigenvalue weighted by atomic mass is 32.2. The van der Waals surface area contributed by atoms with Crippen molar-refractivity contribution in [3.63, 3.8) is 0 Å². The smallest absolute Gasteiger partial charge is 0.270 e. The highest BCUT2D eigenvalue weighted by Gasteiger charge is 2.50. The van der Waals surface area contributed by atoms with Gasteiger partial charge in [-0.25, -0.2) is 22.5 Å². The molecular weight excluding hydrogens is 587 g/mol. The van der Waals surface area contributed by atoms with Gasteiger partial charge in [0.1, 0.15) is 22.8 Å². The van der Waals surface area contributed by atoms with Gasteiger partial charge in [0, 0.05) is 25.0 Å². The van der Waals surface area contributed by atoms with Crippen LogP contribution in [0.25, 0.3) is 5.65 Å². The fourth-order valence-electron chi connectivity index (χ4n) is 6.15. The van der Waals surface area contributed by atoms with Crippen molar-refractivity contribution < 1.29 is 27.1 Å². The summed E-state index contributed by atoms with van der Waals surface area (Å²) in [5.74, 6) is -1.70. The van der Waals surface area contributed by atoms with Crippen molar-refractivity contribution in [3.05, 3.63) is 88.5 Å². The van der Waals surface area contributed by atoms with Gasteiger partial charge in [-0.2, -0.15) is 9.61 Å². The number of aromatic nitrogens is 3. The zero-order chi connectivity index (χ0) is 31.4. The van der Waals surface area contributed by atoms with Gasteiger partial charge in [-0.3, -0.25) is 9.59 Å². The number of rotatable bonds is 6. The predicted octanol–water partition coefficient (Wildman–Crippen LogP) is 4.40. The number of halogens is 1. The summed E-state index contributed by atoms with van der Waals surface area (Å²) in [4.78, 5) is 33.0. The second-order valence-corrected chi connectivity index (χ2v) is 13.7. The SMILES string of the molecule is CCS(=O)(=O)NC(=O)c1cnn2c(Nc3ccc(F)cc3C)c(C(=O)N3CCC4(CC3)OC(C)(C)c3ccccc34)cnc12. The lowest BCUT2D eigenvalue weighted by Gasteiger charge is -2.40. The van der Waals surface area contributed by atoms with Crippen LogP contribution in [0.1, 0.15) is 71.0 Å². The molecule has 2 aromatic heterocycles. The van der Waals surface area contributed by atoms with E-state index in [2.05, 4.69) is 41.4 Å². The summed E-state index contributed by atoms with van der Waals surface area (Å²) < 4.78 is 47.9. The van der Waals surface area contributed by atoms with Crippen LogP contribution in [0, 0.1) is 12.7 Å². The first-order valence-electron chi connectivity index (χ1n) is 14.4. The van der Waals surface area contributed by atoms with Crippen LogP contribution in [0.2, 0.25) is 0 Å². The van der Waals surface area contributed by atoms with Gasteiger partial charge in [0.05, 0.1) is 23.2 Å². The number of anilines is 2. The van der Waals surface area contributed by atoms with Crippen LogP contribution >= 0.6 is 0 Å². The van der Waals surface area contributed by atoms with E-state index in [0.717, 1.165) is 11.1 Å². The minimum absolute atomic E-state index is 0.0448. The van der Waals surface area contributed by atoms with Crippen molar-refractivity contribution in [1.82, 2.24) is 24.2 Å². The Labute approximate surface area is 254 Å². The number of benzene rings is 2. The highest BCUT2D eigenvalue weighted by molar-refractivity contribution is 7.90. The van der Waals surface area contributed by atoms with E-state index in [4.69, 9.17) is 4.74 Å². The lowest BCUT2D eigenvalue weighted by molar-refractivity contribution is -0.146. The molecule has 11 nitrogen and oxygen atoms in total. The zero-order valence-corrected chi connectivity index (χ0v) is 25.7. The molecule has 230 valence electrons. The first-order valence-corrected chi connectivity index (χ1v) is 16.0. The van der Waals surface area contributed by atoms with E-state index in [1.165, 1.54) is 42.0 Å². The van der Waals surface area contributed by atoms with Crippen molar-refractivity contribution in [2.45, 2.75) is 51.7 Å². The Bertz CT molecular complexity index is 1910. The molecule has 2 aliphatic heterocycles. The van der Waals surface area contributed by atoms with Crippen molar-refractivity contribution in [2.24, 2.45) is 0 Å². The fraction of sp³-hybridized carbons (Fsp3) is 0.355. The average Bonchev–Trinajstić information content (AvgIpc) is 3.52. The summed E-state index contributed by atoms with van der Waals surface area (Å²) in [5.41, 5.74) is 2.61. The Morgan fingerprint density at radius 1 is 1.05 bits per heavy atom. The van der Waals surface area contributed by atoms with E-state index in [-0.39, 0.29) is 34.3 Å². The lowest BCUT2D eigenvalue weighted by atomic mass is 9.82. The summed E-state index contributed by atoms with van der Waals surface area (Å²) in [5, 5.41) is 7.48. The molecule has 2 aromatic carbocycles. The summed E-state index contributed by atoms with van der Waals surface area (Å²) in [7, 11) is -3.84. The summed E-state index contributed by atoms with van der Waals surface area (Å²) >= 11 is 0. The van der Waals surface area contributed by atoms with Crippen molar-refractivity contribution in [1.29, 1.82) is 0 Å². The molecule has 2 N–H and O–H groups in total. The number of aryl methyl sites for hydroxylation is 1. The molecule has 0 atom stereocenters.